The molecule has 1 fully saturated rings. The molecule has 3 rings (SSSR count). The predicted octanol–water partition coefficient (Wildman–Crippen LogP) is 2.70. The van der Waals surface area contributed by atoms with Crippen LogP contribution in [0.1, 0.15) is 42.5 Å². The fourth-order valence-corrected chi connectivity index (χ4v) is 3.66. The maximum atomic E-state index is 12.5. The van der Waals surface area contributed by atoms with E-state index in [9.17, 15) is 9.59 Å². The molecule has 1 amide bonds. The van der Waals surface area contributed by atoms with E-state index in [2.05, 4.69) is 21.2 Å². The summed E-state index contributed by atoms with van der Waals surface area (Å²) in [5.41, 5.74) is -0.223. The van der Waals surface area contributed by atoms with Crippen LogP contribution in [-0.2, 0) is 4.79 Å². The Morgan fingerprint density at radius 1 is 1.27 bits per heavy atom. The van der Waals surface area contributed by atoms with Crippen LogP contribution >= 0.6 is 15.9 Å². The Labute approximate surface area is 135 Å². The van der Waals surface area contributed by atoms with Gasteiger partial charge in [-0.1, -0.05) is 12.8 Å². The molecule has 0 spiro atoms. The summed E-state index contributed by atoms with van der Waals surface area (Å²) in [4.78, 5) is 23.6. The van der Waals surface area contributed by atoms with Crippen LogP contribution in [0.4, 0.5) is 0 Å². The highest BCUT2D eigenvalue weighted by Crippen LogP contribution is 2.40. The van der Waals surface area contributed by atoms with Crippen molar-refractivity contribution in [3.63, 3.8) is 0 Å². The molecule has 1 heterocycles. The molecule has 0 saturated heterocycles. The van der Waals surface area contributed by atoms with Crippen LogP contribution < -0.4 is 14.8 Å². The van der Waals surface area contributed by atoms with Crippen LogP contribution in [0, 0.1) is 0 Å². The number of carbonyl (C=O) groups is 2. The summed E-state index contributed by atoms with van der Waals surface area (Å²) in [6.45, 7) is 0.127. The lowest BCUT2D eigenvalue weighted by molar-refractivity contribution is -0.138. The van der Waals surface area contributed by atoms with Crippen LogP contribution in [-0.4, -0.2) is 29.3 Å². The number of nitrogens with one attached hydrogen (secondary N) is 1. The molecular formula is C15H16BrNO5. The zero-order chi connectivity index (χ0) is 15.7. The number of carboxylic acid groups (broad SMARTS) is 1. The molecule has 1 aromatic carbocycles. The summed E-state index contributed by atoms with van der Waals surface area (Å²) in [7, 11) is 0. The summed E-state index contributed by atoms with van der Waals surface area (Å²) >= 11 is 3.35. The van der Waals surface area contributed by atoms with Gasteiger partial charge in [0.05, 0.1) is 16.4 Å². The zero-order valence-corrected chi connectivity index (χ0v) is 13.4. The third-order valence-electron chi connectivity index (χ3n) is 4.12. The Morgan fingerprint density at radius 3 is 2.68 bits per heavy atom. The van der Waals surface area contributed by atoms with Crippen LogP contribution in [0.5, 0.6) is 11.5 Å². The van der Waals surface area contributed by atoms with E-state index in [0.717, 1.165) is 12.8 Å². The Kier molecular flexibility index (Phi) is 3.99. The van der Waals surface area contributed by atoms with Gasteiger partial charge in [-0.3, -0.25) is 9.59 Å². The number of amides is 1. The number of rotatable bonds is 4. The first-order valence-corrected chi connectivity index (χ1v) is 7.92. The molecule has 0 aromatic heterocycles. The molecule has 0 bridgehead atoms. The third kappa shape index (κ3) is 2.90. The van der Waals surface area contributed by atoms with E-state index in [4.69, 9.17) is 14.6 Å². The van der Waals surface area contributed by atoms with Crippen molar-refractivity contribution in [2.24, 2.45) is 0 Å². The summed E-state index contributed by atoms with van der Waals surface area (Å²) in [6.07, 6.45) is 3.19. The van der Waals surface area contributed by atoms with Crippen molar-refractivity contribution in [2.45, 2.75) is 37.6 Å². The molecule has 2 N–H and O–H groups in total. The summed E-state index contributed by atoms with van der Waals surface area (Å²) in [6, 6.07) is 3.28. The molecule has 22 heavy (non-hydrogen) atoms. The first-order valence-electron chi connectivity index (χ1n) is 7.13. The quantitative estimate of drug-likeness (QED) is 0.851. The van der Waals surface area contributed by atoms with Crippen molar-refractivity contribution in [1.29, 1.82) is 0 Å². The van der Waals surface area contributed by atoms with Gasteiger partial charge in [0, 0.05) is 5.56 Å². The lowest BCUT2D eigenvalue weighted by Gasteiger charge is -2.28. The van der Waals surface area contributed by atoms with Crippen molar-refractivity contribution in [3.05, 3.63) is 22.2 Å². The number of carbonyl (C=O) groups excluding carboxylic acids is 1. The summed E-state index contributed by atoms with van der Waals surface area (Å²) in [5, 5.41) is 12.0. The van der Waals surface area contributed by atoms with E-state index >= 15 is 0 Å². The van der Waals surface area contributed by atoms with E-state index in [1.165, 1.54) is 0 Å². The van der Waals surface area contributed by atoms with E-state index in [-0.39, 0.29) is 19.1 Å². The Hall–Kier alpha value is -1.76. The third-order valence-corrected chi connectivity index (χ3v) is 4.71. The lowest BCUT2D eigenvalue weighted by Crippen LogP contribution is -2.47. The van der Waals surface area contributed by atoms with Gasteiger partial charge in [-0.2, -0.15) is 0 Å². The number of benzene rings is 1. The second-order valence-corrected chi connectivity index (χ2v) is 6.56. The highest BCUT2D eigenvalue weighted by Gasteiger charge is 2.38. The number of ether oxygens (including phenoxy) is 2. The smallest absolute Gasteiger partial charge is 0.305 e. The maximum absolute atomic E-state index is 12.5. The summed E-state index contributed by atoms with van der Waals surface area (Å²) in [5.74, 6) is -0.0906. The topological polar surface area (TPSA) is 84.9 Å². The van der Waals surface area contributed by atoms with Crippen molar-refractivity contribution in [1.82, 2.24) is 5.32 Å². The second-order valence-electron chi connectivity index (χ2n) is 5.70. The fourth-order valence-electron chi connectivity index (χ4n) is 3.10. The van der Waals surface area contributed by atoms with E-state index in [1.807, 2.05) is 0 Å². The van der Waals surface area contributed by atoms with E-state index in [1.54, 1.807) is 12.1 Å². The highest BCUT2D eigenvalue weighted by molar-refractivity contribution is 9.10. The van der Waals surface area contributed by atoms with E-state index < -0.39 is 11.5 Å². The van der Waals surface area contributed by atoms with Gasteiger partial charge in [-0.25, -0.2) is 0 Å². The van der Waals surface area contributed by atoms with Crippen LogP contribution in [0.3, 0.4) is 0 Å². The summed E-state index contributed by atoms with van der Waals surface area (Å²) < 4.78 is 11.2. The fraction of sp³-hybridized carbons (Fsp3) is 0.467. The first-order chi connectivity index (χ1) is 10.5. The van der Waals surface area contributed by atoms with Crippen molar-refractivity contribution in [2.75, 3.05) is 6.79 Å². The molecule has 6 nitrogen and oxygen atoms in total. The molecule has 2 aliphatic rings. The Morgan fingerprint density at radius 2 is 2.00 bits per heavy atom. The highest BCUT2D eigenvalue weighted by atomic mass is 79.9. The van der Waals surface area contributed by atoms with Crippen molar-refractivity contribution in [3.8, 4) is 11.5 Å². The van der Waals surface area contributed by atoms with Gasteiger partial charge in [0.25, 0.3) is 5.91 Å². The van der Waals surface area contributed by atoms with Crippen molar-refractivity contribution >= 4 is 27.8 Å². The number of carboxylic acids is 1. The Bertz CT molecular complexity index is 625. The van der Waals surface area contributed by atoms with Gasteiger partial charge >= 0.3 is 5.97 Å². The molecule has 0 atom stereocenters. The Balaban J connectivity index is 1.82. The SMILES string of the molecule is O=C(O)CC1(NC(=O)c2cc(Br)c3c(c2)OCO3)CCCC1. The standard InChI is InChI=1S/C15H16BrNO5/c16-10-5-9(6-11-13(10)22-8-21-11)14(20)17-15(7-12(18)19)3-1-2-4-15/h5-6H,1-4,7-8H2,(H,17,20)(H,18,19). The van der Waals surface area contributed by atoms with Gasteiger partial charge in [-0.05, 0) is 40.9 Å². The second kappa shape index (κ2) is 5.79. The largest absolute Gasteiger partial charge is 0.481 e. The van der Waals surface area contributed by atoms with Crippen LogP contribution in [0.25, 0.3) is 0 Å². The molecule has 1 aromatic rings. The van der Waals surface area contributed by atoms with Gasteiger partial charge in [0.15, 0.2) is 11.5 Å². The molecule has 7 heteroatoms. The van der Waals surface area contributed by atoms with Gasteiger partial charge < -0.3 is 19.9 Å². The number of hydrogen-bond acceptors (Lipinski definition) is 4. The van der Waals surface area contributed by atoms with E-state index in [0.29, 0.717) is 34.4 Å². The maximum Gasteiger partial charge on any atom is 0.305 e. The number of aliphatic carboxylic acids is 1. The van der Waals surface area contributed by atoms with Gasteiger partial charge in [0.1, 0.15) is 0 Å². The molecule has 0 unspecified atom stereocenters. The van der Waals surface area contributed by atoms with Gasteiger partial charge in [0.2, 0.25) is 6.79 Å². The predicted molar refractivity (Wildman–Crippen MR) is 81.2 cm³/mol. The van der Waals surface area contributed by atoms with Crippen molar-refractivity contribution < 1.29 is 24.2 Å². The minimum absolute atomic E-state index is 0.0511. The molecule has 1 aliphatic carbocycles. The van der Waals surface area contributed by atoms with Crippen LogP contribution in [0.2, 0.25) is 0 Å². The molecule has 1 aliphatic heterocycles. The number of hydrogen-bond donors (Lipinski definition) is 2. The molecule has 118 valence electrons. The molecule has 0 radical (unpaired) electrons. The molecule has 1 saturated carbocycles. The lowest BCUT2D eigenvalue weighted by atomic mass is 9.92. The number of fused-ring (bicyclic) bond motifs is 1. The zero-order valence-electron chi connectivity index (χ0n) is 11.9. The average molecular weight is 370 g/mol. The minimum atomic E-state index is -0.894. The minimum Gasteiger partial charge on any atom is -0.481 e. The number of halogens is 1. The van der Waals surface area contributed by atoms with Gasteiger partial charge in [-0.15, -0.1) is 0 Å². The monoisotopic (exact) mass is 369 g/mol. The normalized spacial score (nSPS) is 18.2. The average Bonchev–Trinajstić information content (AvgIpc) is 3.07. The molecular weight excluding hydrogens is 354 g/mol. The van der Waals surface area contributed by atoms with Crippen LogP contribution in [0.15, 0.2) is 16.6 Å². The first kappa shape index (κ1) is 15.1.